The predicted octanol–water partition coefficient (Wildman–Crippen LogP) is 5.27. The average molecular weight is 324 g/mol. The molecule has 1 aliphatic rings. The molecule has 0 N–H and O–H groups in total. The van der Waals surface area contributed by atoms with Crippen LogP contribution in [-0.4, -0.2) is 4.32 Å². The Hall–Kier alpha value is 0.700. The molecule has 1 rings (SSSR count). The summed E-state index contributed by atoms with van der Waals surface area (Å²) in [5, 5.41) is 0. The van der Waals surface area contributed by atoms with Crippen LogP contribution in [0.4, 0.5) is 0 Å². The van der Waals surface area contributed by atoms with Crippen LogP contribution in [0.1, 0.15) is 46.5 Å². The molecular weight excluding hydrogens is 304 g/mol. The van der Waals surface area contributed by atoms with Gasteiger partial charge in [-0.15, -0.1) is 0 Å². The minimum absolute atomic E-state index is 0.263. The lowest BCUT2D eigenvalue weighted by atomic mass is 10.2. The average Bonchev–Trinajstić information content (AvgIpc) is 2.66. The second kappa shape index (κ2) is 5.16. The summed E-state index contributed by atoms with van der Waals surface area (Å²) in [5.41, 5.74) is 0. The summed E-state index contributed by atoms with van der Waals surface area (Å²) in [6, 6.07) is 0. The Morgan fingerprint density at radius 2 is 1.86 bits per heavy atom. The molecule has 0 aromatic carbocycles. The molecule has 0 radical (unpaired) electrons. The summed E-state index contributed by atoms with van der Waals surface area (Å²) in [6.45, 7) is 6.86. The molecule has 14 heavy (non-hydrogen) atoms. The maximum Gasteiger partial charge on any atom is 0.0625 e. The molecule has 0 heterocycles. The molecule has 0 aromatic heterocycles. The molecule has 0 amide bonds. The highest BCUT2D eigenvalue weighted by Gasteiger charge is 2.59. The van der Waals surface area contributed by atoms with Crippen molar-refractivity contribution in [2.75, 3.05) is 0 Å². The van der Waals surface area contributed by atoms with Crippen molar-refractivity contribution in [3.8, 4) is 0 Å². The zero-order valence-corrected chi connectivity index (χ0v) is 12.5. The molecule has 1 saturated carbocycles. The zero-order valence-electron chi connectivity index (χ0n) is 9.32. The predicted molar refractivity (Wildman–Crippen MR) is 71.1 cm³/mol. The van der Waals surface area contributed by atoms with E-state index in [-0.39, 0.29) is 4.32 Å². The van der Waals surface area contributed by atoms with E-state index in [1.54, 1.807) is 0 Å². The summed E-state index contributed by atoms with van der Waals surface area (Å²) in [5.74, 6) is 1.53. The van der Waals surface area contributed by atoms with Gasteiger partial charge in [0, 0.05) is 4.48 Å². The number of rotatable bonds is 5. The molecule has 2 heteroatoms. The summed E-state index contributed by atoms with van der Waals surface area (Å²) in [4.78, 5) is 0. The van der Waals surface area contributed by atoms with Crippen molar-refractivity contribution in [1.29, 1.82) is 0 Å². The van der Waals surface area contributed by atoms with Gasteiger partial charge in [0.25, 0.3) is 0 Å². The molecule has 1 aliphatic carbocycles. The second-order valence-corrected chi connectivity index (χ2v) is 6.56. The molecule has 0 aromatic rings. The third kappa shape index (κ3) is 2.44. The first kappa shape index (κ1) is 12.8. The van der Waals surface area contributed by atoms with Crippen LogP contribution in [0, 0.1) is 11.8 Å². The monoisotopic (exact) mass is 322 g/mol. The fourth-order valence-corrected chi connectivity index (χ4v) is 3.71. The summed E-state index contributed by atoms with van der Waals surface area (Å²) in [7, 11) is 0. The molecule has 0 nitrogen and oxygen atoms in total. The topological polar surface area (TPSA) is 0 Å². The van der Waals surface area contributed by atoms with Crippen molar-refractivity contribution in [3.63, 3.8) is 0 Å². The van der Waals surface area contributed by atoms with Crippen LogP contribution in [0.5, 0.6) is 0 Å². The minimum atomic E-state index is 0.263. The summed E-state index contributed by atoms with van der Waals surface area (Å²) < 4.78 is 1.63. The van der Waals surface area contributed by atoms with Crippen LogP contribution >= 0.6 is 31.9 Å². The smallest absolute Gasteiger partial charge is 0.0625 e. The maximum atomic E-state index is 3.84. The van der Waals surface area contributed by atoms with Crippen LogP contribution in [0.2, 0.25) is 0 Å². The Morgan fingerprint density at radius 3 is 2.29 bits per heavy atom. The van der Waals surface area contributed by atoms with Gasteiger partial charge in [-0.25, -0.2) is 0 Å². The molecule has 0 saturated heterocycles. The summed E-state index contributed by atoms with van der Waals surface area (Å²) >= 11 is 7.55. The highest BCUT2D eigenvalue weighted by Crippen LogP contribution is 2.62. The Kier molecular flexibility index (Phi) is 4.70. The number of allylic oxidation sites excluding steroid dienone is 2. The maximum absolute atomic E-state index is 3.84. The third-order valence-corrected chi connectivity index (χ3v) is 6.85. The molecule has 0 bridgehead atoms. The lowest BCUT2D eigenvalue weighted by Crippen LogP contribution is -2.01. The largest absolute Gasteiger partial charge is 0.0789 e. The second-order valence-electron chi connectivity index (χ2n) is 4.39. The van der Waals surface area contributed by atoms with Crippen LogP contribution in [-0.2, 0) is 0 Å². The van der Waals surface area contributed by atoms with E-state index in [9.17, 15) is 0 Å². The number of hydrogen-bond donors (Lipinski definition) is 0. The molecule has 82 valence electrons. The van der Waals surface area contributed by atoms with Crippen molar-refractivity contribution in [1.82, 2.24) is 0 Å². The summed E-state index contributed by atoms with van der Waals surface area (Å²) in [6.07, 6.45) is 7.53. The van der Waals surface area contributed by atoms with E-state index in [0.717, 1.165) is 11.8 Å². The van der Waals surface area contributed by atoms with E-state index in [4.69, 9.17) is 0 Å². The van der Waals surface area contributed by atoms with Gasteiger partial charge in [0.1, 0.15) is 0 Å². The van der Waals surface area contributed by atoms with Crippen LogP contribution < -0.4 is 0 Å². The molecule has 0 spiro atoms. The Morgan fingerprint density at radius 1 is 1.29 bits per heavy atom. The van der Waals surface area contributed by atoms with E-state index in [0.29, 0.717) is 0 Å². The SMILES string of the molecule is CCCCC/C=C(\Br)C1(Br)[C@H](C)[C@@H]1C. The van der Waals surface area contributed by atoms with Crippen molar-refractivity contribution >= 4 is 31.9 Å². The number of halogens is 2. The fraction of sp³-hybridized carbons (Fsp3) is 0.833. The van der Waals surface area contributed by atoms with Crippen LogP contribution in [0.3, 0.4) is 0 Å². The Labute approximate surface area is 105 Å². The normalized spacial score (nSPS) is 37.4. The van der Waals surface area contributed by atoms with E-state index in [2.05, 4.69) is 58.7 Å². The van der Waals surface area contributed by atoms with Crippen molar-refractivity contribution in [2.45, 2.75) is 50.8 Å². The molecule has 1 fully saturated rings. The van der Waals surface area contributed by atoms with Gasteiger partial charge < -0.3 is 0 Å². The van der Waals surface area contributed by atoms with E-state index < -0.39 is 0 Å². The van der Waals surface area contributed by atoms with Crippen molar-refractivity contribution in [2.24, 2.45) is 11.8 Å². The van der Waals surface area contributed by atoms with Gasteiger partial charge in [0.2, 0.25) is 0 Å². The van der Waals surface area contributed by atoms with Crippen LogP contribution in [0.15, 0.2) is 10.6 Å². The third-order valence-electron chi connectivity index (χ3n) is 3.46. The molecule has 1 unspecified atom stereocenters. The van der Waals surface area contributed by atoms with Gasteiger partial charge in [-0.3, -0.25) is 0 Å². The highest BCUT2D eigenvalue weighted by atomic mass is 79.9. The van der Waals surface area contributed by atoms with Crippen molar-refractivity contribution in [3.05, 3.63) is 10.6 Å². The van der Waals surface area contributed by atoms with Gasteiger partial charge in [-0.2, -0.15) is 0 Å². The van der Waals surface area contributed by atoms with Gasteiger partial charge in [0.05, 0.1) is 4.32 Å². The Balaban J connectivity index is 2.38. The number of unbranched alkanes of at least 4 members (excludes halogenated alkanes) is 3. The molecule has 3 atom stereocenters. The van der Waals surface area contributed by atoms with Gasteiger partial charge in [-0.05, 0) is 24.7 Å². The van der Waals surface area contributed by atoms with Crippen LogP contribution in [0.25, 0.3) is 0 Å². The standard InChI is InChI=1S/C12H20Br2/c1-4-5-6-7-8-11(13)12(14)9(2)10(12)3/h8-10H,4-7H2,1-3H3/b11-8-/t9-,10+,12?. The fourth-order valence-electron chi connectivity index (χ4n) is 1.94. The molecule has 0 aliphatic heterocycles. The highest BCUT2D eigenvalue weighted by molar-refractivity contribution is 9.14. The van der Waals surface area contributed by atoms with E-state index in [1.807, 2.05) is 0 Å². The van der Waals surface area contributed by atoms with Gasteiger partial charge in [0.15, 0.2) is 0 Å². The minimum Gasteiger partial charge on any atom is -0.0789 e. The first-order valence-electron chi connectivity index (χ1n) is 5.60. The number of alkyl halides is 1. The van der Waals surface area contributed by atoms with Gasteiger partial charge in [-0.1, -0.05) is 71.5 Å². The molecular formula is C12H20Br2. The Bertz CT molecular complexity index is 212. The lowest BCUT2D eigenvalue weighted by molar-refractivity contribution is 0.727. The van der Waals surface area contributed by atoms with E-state index >= 15 is 0 Å². The first-order chi connectivity index (χ1) is 6.55. The zero-order chi connectivity index (χ0) is 10.8. The first-order valence-corrected chi connectivity index (χ1v) is 7.18. The van der Waals surface area contributed by atoms with Crippen molar-refractivity contribution < 1.29 is 0 Å². The van der Waals surface area contributed by atoms with Gasteiger partial charge >= 0.3 is 0 Å². The quantitative estimate of drug-likeness (QED) is 0.478. The van der Waals surface area contributed by atoms with E-state index in [1.165, 1.54) is 30.2 Å². The number of hydrogen-bond acceptors (Lipinski definition) is 0. The lowest BCUT2D eigenvalue weighted by Gasteiger charge is -2.07.